The van der Waals surface area contributed by atoms with Crippen LogP contribution in [0.3, 0.4) is 0 Å². The van der Waals surface area contributed by atoms with E-state index in [0.717, 1.165) is 32.1 Å². The minimum absolute atomic E-state index is 0.131. The lowest BCUT2D eigenvalue weighted by atomic mass is 9.48. The number of fused-ring (bicyclic) bond motifs is 2. The Morgan fingerprint density at radius 3 is 2.50 bits per heavy atom. The molecule has 0 aliphatic heterocycles. The first-order valence-electron chi connectivity index (χ1n) is 9.31. The number of rotatable bonds is 1. The van der Waals surface area contributed by atoms with Crippen LogP contribution < -0.4 is 0 Å². The van der Waals surface area contributed by atoms with Crippen molar-refractivity contribution in [3.8, 4) is 0 Å². The molecule has 0 radical (unpaired) electrons. The fraction of sp³-hybridized carbons (Fsp3) is 0.900. The molecule has 3 rings (SSSR count). The van der Waals surface area contributed by atoms with Crippen molar-refractivity contribution >= 4 is 0 Å². The molecule has 0 amide bonds. The molecular formula is C20H34O2. The molecule has 22 heavy (non-hydrogen) atoms. The minimum atomic E-state index is -0.963. The molecule has 2 N–H and O–H groups in total. The van der Waals surface area contributed by atoms with Gasteiger partial charge in [0.05, 0.1) is 11.7 Å². The van der Waals surface area contributed by atoms with Crippen LogP contribution in [0.25, 0.3) is 0 Å². The maximum absolute atomic E-state index is 11.4. The van der Waals surface area contributed by atoms with Gasteiger partial charge in [0.25, 0.3) is 0 Å². The van der Waals surface area contributed by atoms with Gasteiger partial charge in [-0.25, -0.2) is 0 Å². The van der Waals surface area contributed by atoms with E-state index < -0.39 is 11.7 Å². The first-order chi connectivity index (χ1) is 10.2. The number of aliphatic hydroxyl groups is 2. The monoisotopic (exact) mass is 306 g/mol. The van der Waals surface area contributed by atoms with Gasteiger partial charge in [0, 0.05) is 5.41 Å². The molecule has 3 fully saturated rings. The highest BCUT2D eigenvalue weighted by Gasteiger charge is 2.66. The number of allylic oxidation sites excluding steroid dienone is 1. The van der Waals surface area contributed by atoms with Crippen LogP contribution in [0.2, 0.25) is 0 Å². The van der Waals surface area contributed by atoms with E-state index in [9.17, 15) is 10.2 Å². The summed E-state index contributed by atoms with van der Waals surface area (Å²) in [5.74, 6) is 2.82. The topological polar surface area (TPSA) is 40.5 Å². The Balaban J connectivity index is 2.09. The summed E-state index contributed by atoms with van der Waals surface area (Å²) in [6.07, 6.45) is 5.76. The highest BCUT2D eigenvalue weighted by Crippen LogP contribution is 2.67. The molecule has 0 heterocycles. The Labute approximate surface area is 136 Å². The second-order valence-electron chi connectivity index (χ2n) is 8.96. The Morgan fingerprint density at radius 2 is 1.86 bits per heavy atom. The van der Waals surface area contributed by atoms with Crippen molar-refractivity contribution in [3.63, 3.8) is 0 Å². The van der Waals surface area contributed by atoms with Crippen LogP contribution in [-0.2, 0) is 0 Å². The zero-order chi connectivity index (χ0) is 16.3. The lowest BCUT2D eigenvalue weighted by Crippen LogP contribution is -2.63. The lowest BCUT2D eigenvalue weighted by Gasteiger charge is -2.59. The fourth-order valence-corrected chi connectivity index (χ4v) is 6.62. The molecule has 0 saturated heterocycles. The van der Waals surface area contributed by atoms with Gasteiger partial charge in [0.15, 0.2) is 0 Å². The van der Waals surface area contributed by atoms with E-state index in [4.69, 9.17) is 0 Å². The molecule has 3 aliphatic rings. The standard InChI is InChI=1S/C20H34O2/c1-12(2)15-8-6-13(3)16-10-11-20(18(15)16)14(4)7-9-17(21)19(20,5)22/h12,14-18,21-22H,3,6-11H2,1-2,4-5H3. The normalized spacial score (nSPS) is 52.3. The smallest absolute Gasteiger partial charge is 0.0938 e. The summed E-state index contributed by atoms with van der Waals surface area (Å²) >= 11 is 0. The first-order valence-corrected chi connectivity index (χ1v) is 9.31. The van der Waals surface area contributed by atoms with E-state index in [1.165, 1.54) is 12.0 Å². The summed E-state index contributed by atoms with van der Waals surface area (Å²) in [6, 6.07) is 0. The van der Waals surface area contributed by atoms with Crippen molar-refractivity contribution in [2.45, 2.75) is 77.9 Å². The van der Waals surface area contributed by atoms with Gasteiger partial charge < -0.3 is 10.2 Å². The predicted octanol–water partition coefficient (Wildman–Crippen LogP) is 4.16. The molecule has 2 heteroatoms. The Hall–Kier alpha value is -0.340. The summed E-state index contributed by atoms with van der Waals surface area (Å²) in [4.78, 5) is 0. The minimum Gasteiger partial charge on any atom is -0.390 e. The third-order valence-corrected chi connectivity index (χ3v) is 7.88. The average Bonchev–Trinajstić information content (AvgIpc) is 2.85. The summed E-state index contributed by atoms with van der Waals surface area (Å²) in [5, 5.41) is 22.0. The molecule has 0 aromatic rings. The van der Waals surface area contributed by atoms with Crippen LogP contribution in [0.5, 0.6) is 0 Å². The third-order valence-electron chi connectivity index (χ3n) is 7.88. The van der Waals surface area contributed by atoms with Gasteiger partial charge in [0.2, 0.25) is 0 Å². The molecule has 0 bridgehead atoms. The quantitative estimate of drug-likeness (QED) is 0.714. The van der Waals surface area contributed by atoms with E-state index in [1.54, 1.807) is 0 Å². The van der Waals surface area contributed by atoms with Crippen molar-refractivity contribution in [3.05, 3.63) is 12.2 Å². The first kappa shape index (κ1) is 16.5. The van der Waals surface area contributed by atoms with Crippen LogP contribution >= 0.6 is 0 Å². The molecule has 3 aliphatic carbocycles. The lowest BCUT2D eigenvalue weighted by molar-refractivity contribution is -0.221. The zero-order valence-corrected chi connectivity index (χ0v) is 14.8. The average molecular weight is 306 g/mol. The molecule has 7 atom stereocenters. The second-order valence-corrected chi connectivity index (χ2v) is 8.96. The van der Waals surface area contributed by atoms with E-state index >= 15 is 0 Å². The molecule has 2 nitrogen and oxygen atoms in total. The molecule has 1 spiro atoms. The molecule has 126 valence electrons. The highest BCUT2D eigenvalue weighted by molar-refractivity contribution is 5.22. The van der Waals surface area contributed by atoms with E-state index in [0.29, 0.717) is 29.6 Å². The van der Waals surface area contributed by atoms with Crippen molar-refractivity contribution in [2.75, 3.05) is 0 Å². The van der Waals surface area contributed by atoms with Crippen LogP contribution in [0, 0.1) is 35.0 Å². The van der Waals surface area contributed by atoms with Crippen LogP contribution in [-0.4, -0.2) is 21.9 Å². The molecule has 0 aromatic carbocycles. The van der Waals surface area contributed by atoms with E-state index in [-0.39, 0.29) is 5.41 Å². The summed E-state index contributed by atoms with van der Waals surface area (Å²) in [6.45, 7) is 13.3. The number of hydrogen-bond donors (Lipinski definition) is 2. The Kier molecular flexibility index (Phi) is 4.01. The number of aliphatic hydroxyl groups excluding tert-OH is 1. The highest BCUT2D eigenvalue weighted by atomic mass is 16.3. The van der Waals surface area contributed by atoms with Crippen molar-refractivity contribution in [1.29, 1.82) is 0 Å². The van der Waals surface area contributed by atoms with Gasteiger partial charge in [0.1, 0.15) is 0 Å². The predicted molar refractivity (Wildman–Crippen MR) is 90.4 cm³/mol. The van der Waals surface area contributed by atoms with Gasteiger partial charge in [-0.3, -0.25) is 0 Å². The maximum atomic E-state index is 11.4. The maximum Gasteiger partial charge on any atom is 0.0938 e. The largest absolute Gasteiger partial charge is 0.390 e. The number of hydrogen-bond acceptors (Lipinski definition) is 2. The fourth-order valence-electron chi connectivity index (χ4n) is 6.62. The Morgan fingerprint density at radius 1 is 1.18 bits per heavy atom. The summed E-state index contributed by atoms with van der Waals surface area (Å²) < 4.78 is 0. The molecule has 0 aromatic heterocycles. The third kappa shape index (κ3) is 1.99. The van der Waals surface area contributed by atoms with E-state index in [1.807, 2.05) is 6.92 Å². The summed E-state index contributed by atoms with van der Waals surface area (Å²) in [5.41, 5.74) is 0.310. The van der Waals surface area contributed by atoms with Crippen molar-refractivity contribution < 1.29 is 10.2 Å². The van der Waals surface area contributed by atoms with Crippen LogP contribution in [0.1, 0.15) is 66.2 Å². The van der Waals surface area contributed by atoms with Gasteiger partial charge in [-0.05, 0) is 75.0 Å². The van der Waals surface area contributed by atoms with Crippen molar-refractivity contribution in [1.82, 2.24) is 0 Å². The van der Waals surface area contributed by atoms with Gasteiger partial charge in [-0.2, -0.15) is 0 Å². The summed E-state index contributed by atoms with van der Waals surface area (Å²) in [7, 11) is 0. The van der Waals surface area contributed by atoms with E-state index in [2.05, 4.69) is 27.4 Å². The zero-order valence-electron chi connectivity index (χ0n) is 14.8. The van der Waals surface area contributed by atoms with Crippen molar-refractivity contribution in [2.24, 2.45) is 35.0 Å². The van der Waals surface area contributed by atoms with Gasteiger partial charge in [-0.1, -0.05) is 32.9 Å². The van der Waals surface area contributed by atoms with Crippen LogP contribution in [0.4, 0.5) is 0 Å². The van der Waals surface area contributed by atoms with Crippen LogP contribution in [0.15, 0.2) is 12.2 Å². The molecule has 7 unspecified atom stereocenters. The Bertz CT molecular complexity index is 453. The molecule has 3 saturated carbocycles. The second kappa shape index (κ2) is 5.34. The molecular weight excluding hydrogens is 272 g/mol. The SMILES string of the molecule is C=C1CCC(C(C)C)C2C1CCC21C(C)CCC(O)C1(C)O. The van der Waals surface area contributed by atoms with Gasteiger partial charge >= 0.3 is 0 Å². The van der Waals surface area contributed by atoms with Gasteiger partial charge in [-0.15, -0.1) is 0 Å².